The van der Waals surface area contributed by atoms with Gasteiger partial charge in [0.2, 0.25) is 5.91 Å². The molecule has 0 fully saturated rings. The van der Waals surface area contributed by atoms with Gasteiger partial charge in [-0.3, -0.25) is 9.59 Å². The van der Waals surface area contributed by atoms with Crippen molar-refractivity contribution in [3.05, 3.63) is 28.8 Å². The molecule has 1 aromatic rings. The highest BCUT2D eigenvalue weighted by atomic mass is 16.2. The lowest BCUT2D eigenvalue weighted by Gasteiger charge is -2.12. The summed E-state index contributed by atoms with van der Waals surface area (Å²) in [5.41, 5.74) is 3.97. The molecule has 0 bridgehead atoms. The number of aryl methyl sites for hydroxylation is 2. The van der Waals surface area contributed by atoms with Gasteiger partial charge in [-0.15, -0.1) is 0 Å². The van der Waals surface area contributed by atoms with Gasteiger partial charge in [-0.2, -0.15) is 0 Å². The number of carbonyl (C=O) groups is 2. The molecule has 90 valence electrons. The summed E-state index contributed by atoms with van der Waals surface area (Å²) in [6.45, 7) is 5.39. The number of anilines is 1. The van der Waals surface area contributed by atoms with Gasteiger partial charge in [0.1, 0.15) is 6.04 Å². The zero-order chi connectivity index (χ0) is 12.7. The summed E-state index contributed by atoms with van der Waals surface area (Å²) < 4.78 is 0. The Balaban J connectivity index is 2.55. The Morgan fingerprint density at radius 3 is 2.59 bits per heavy atom. The summed E-state index contributed by atoms with van der Waals surface area (Å²) in [6.07, 6.45) is 0. The van der Waals surface area contributed by atoms with Crippen molar-refractivity contribution in [3.8, 4) is 0 Å². The van der Waals surface area contributed by atoms with Crippen LogP contribution in [0.3, 0.4) is 0 Å². The summed E-state index contributed by atoms with van der Waals surface area (Å²) >= 11 is 0. The van der Waals surface area contributed by atoms with Crippen LogP contribution in [0.15, 0.2) is 12.1 Å². The van der Waals surface area contributed by atoms with E-state index in [1.54, 1.807) is 11.9 Å². The summed E-state index contributed by atoms with van der Waals surface area (Å²) in [6, 6.07) is 3.47. The van der Waals surface area contributed by atoms with E-state index < -0.39 is 6.04 Å². The monoisotopic (exact) mass is 232 g/mol. The van der Waals surface area contributed by atoms with Gasteiger partial charge in [0.25, 0.3) is 5.91 Å². The first-order chi connectivity index (χ1) is 7.91. The van der Waals surface area contributed by atoms with E-state index >= 15 is 0 Å². The van der Waals surface area contributed by atoms with E-state index in [0.717, 1.165) is 22.4 Å². The second-order valence-corrected chi connectivity index (χ2v) is 4.55. The minimum Gasteiger partial charge on any atom is -0.341 e. The van der Waals surface area contributed by atoms with Crippen LogP contribution in [-0.4, -0.2) is 18.9 Å². The number of nitrogens with zero attached hydrogens (tertiary/aromatic N) is 1. The van der Waals surface area contributed by atoms with Crippen molar-refractivity contribution in [1.29, 1.82) is 0 Å². The molecule has 2 rings (SSSR count). The Labute approximate surface area is 101 Å². The predicted molar refractivity (Wildman–Crippen MR) is 65.9 cm³/mol. The quantitative estimate of drug-likeness (QED) is 0.796. The lowest BCUT2D eigenvalue weighted by Crippen LogP contribution is -2.34. The Morgan fingerprint density at radius 2 is 2.00 bits per heavy atom. The number of benzene rings is 1. The number of fused-ring (bicyclic) bond motifs is 1. The van der Waals surface area contributed by atoms with E-state index in [9.17, 15) is 9.59 Å². The maximum atomic E-state index is 12.1. The molecule has 0 saturated carbocycles. The zero-order valence-electron chi connectivity index (χ0n) is 10.5. The van der Waals surface area contributed by atoms with Crippen LogP contribution in [0.2, 0.25) is 0 Å². The first-order valence-electron chi connectivity index (χ1n) is 5.57. The van der Waals surface area contributed by atoms with Crippen LogP contribution in [0.5, 0.6) is 0 Å². The van der Waals surface area contributed by atoms with Crippen LogP contribution in [0.4, 0.5) is 5.69 Å². The first kappa shape index (κ1) is 11.6. The fraction of sp³-hybridized carbons (Fsp3) is 0.385. The van der Waals surface area contributed by atoms with Crippen molar-refractivity contribution in [2.24, 2.45) is 0 Å². The van der Waals surface area contributed by atoms with Crippen molar-refractivity contribution in [3.63, 3.8) is 0 Å². The van der Waals surface area contributed by atoms with Crippen LogP contribution >= 0.6 is 0 Å². The minimum atomic E-state index is -0.536. The molecule has 0 saturated heterocycles. The third kappa shape index (κ3) is 1.79. The van der Waals surface area contributed by atoms with Crippen LogP contribution in [0.25, 0.3) is 0 Å². The molecule has 1 N–H and O–H groups in total. The predicted octanol–water partition coefficient (Wildman–Crippen LogP) is 1.46. The summed E-state index contributed by atoms with van der Waals surface area (Å²) in [4.78, 5) is 24.8. The number of carbonyl (C=O) groups excluding carboxylic acids is 2. The normalized spacial score (nSPS) is 18.2. The molecule has 0 radical (unpaired) electrons. The molecule has 1 unspecified atom stereocenters. The molecule has 0 aliphatic carbocycles. The van der Waals surface area contributed by atoms with Gasteiger partial charge in [-0.25, -0.2) is 0 Å². The SMILES string of the molecule is CC(=O)NC1C(=O)N(C)c2c(C)cc(C)cc21. The Bertz CT molecular complexity index is 508. The number of likely N-dealkylation sites (N-methyl/N-ethyl adjacent to an activating group) is 1. The molecule has 1 aromatic carbocycles. The highest BCUT2D eigenvalue weighted by Gasteiger charge is 2.36. The van der Waals surface area contributed by atoms with Crippen LogP contribution in [-0.2, 0) is 9.59 Å². The molecule has 17 heavy (non-hydrogen) atoms. The fourth-order valence-corrected chi connectivity index (χ4v) is 2.45. The van der Waals surface area contributed by atoms with E-state index in [1.165, 1.54) is 6.92 Å². The topological polar surface area (TPSA) is 49.4 Å². The summed E-state index contributed by atoms with van der Waals surface area (Å²) in [5.74, 6) is -0.271. The molecule has 0 spiro atoms. The number of nitrogens with one attached hydrogen (secondary N) is 1. The molecule has 1 aliphatic heterocycles. The average Bonchev–Trinajstić information content (AvgIpc) is 2.42. The van der Waals surface area contributed by atoms with Crippen molar-refractivity contribution in [2.45, 2.75) is 26.8 Å². The van der Waals surface area contributed by atoms with E-state index in [-0.39, 0.29) is 11.8 Å². The second-order valence-electron chi connectivity index (χ2n) is 4.55. The van der Waals surface area contributed by atoms with Gasteiger partial charge in [-0.05, 0) is 19.4 Å². The molecule has 4 nitrogen and oxygen atoms in total. The van der Waals surface area contributed by atoms with Gasteiger partial charge in [0, 0.05) is 19.5 Å². The summed E-state index contributed by atoms with van der Waals surface area (Å²) in [7, 11) is 1.74. The number of hydrogen-bond acceptors (Lipinski definition) is 2. The first-order valence-corrected chi connectivity index (χ1v) is 5.57. The fourth-order valence-electron chi connectivity index (χ4n) is 2.45. The number of amides is 2. The van der Waals surface area contributed by atoms with E-state index in [4.69, 9.17) is 0 Å². The summed E-state index contributed by atoms with van der Waals surface area (Å²) in [5, 5.41) is 2.70. The Hall–Kier alpha value is -1.84. The molecular weight excluding hydrogens is 216 g/mol. The van der Waals surface area contributed by atoms with Gasteiger partial charge in [-0.1, -0.05) is 17.7 Å². The minimum absolute atomic E-state index is 0.0797. The zero-order valence-corrected chi connectivity index (χ0v) is 10.5. The molecule has 1 atom stereocenters. The van der Waals surface area contributed by atoms with Gasteiger partial charge >= 0.3 is 0 Å². The van der Waals surface area contributed by atoms with Crippen LogP contribution < -0.4 is 10.2 Å². The third-order valence-electron chi connectivity index (χ3n) is 3.05. The average molecular weight is 232 g/mol. The molecule has 0 aromatic heterocycles. The highest BCUT2D eigenvalue weighted by Crippen LogP contribution is 2.38. The maximum Gasteiger partial charge on any atom is 0.254 e. The van der Waals surface area contributed by atoms with Crippen LogP contribution in [0.1, 0.15) is 29.7 Å². The molecule has 2 amide bonds. The maximum absolute atomic E-state index is 12.1. The standard InChI is InChI=1S/C13H16N2O2/c1-7-5-8(2)12-10(6-7)11(14-9(3)16)13(17)15(12)4/h5-6,11H,1-4H3,(H,14,16). The largest absolute Gasteiger partial charge is 0.341 e. The van der Waals surface area contributed by atoms with E-state index in [1.807, 2.05) is 26.0 Å². The van der Waals surface area contributed by atoms with E-state index in [2.05, 4.69) is 5.32 Å². The third-order valence-corrected chi connectivity index (χ3v) is 3.05. The smallest absolute Gasteiger partial charge is 0.254 e. The van der Waals surface area contributed by atoms with Crippen molar-refractivity contribution >= 4 is 17.5 Å². The number of rotatable bonds is 1. The molecule has 1 heterocycles. The van der Waals surface area contributed by atoms with Gasteiger partial charge in [0.05, 0.1) is 5.69 Å². The molecular formula is C13H16N2O2. The lowest BCUT2D eigenvalue weighted by molar-refractivity contribution is -0.125. The van der Waals surface area contributed by atoms with Crippen molar-refractivity contribution < 1.29 is 9.59 Å². The van der Waals surface area contributed by atoms with Gasteiger partial charge < -0.3 is 10.2 Å². The Kier molecular flexibility index (Phi) is 2.65. The van der Waals surface area contributed by atoms with Crippen molar-refractivity contribution in [1.82, 2.24) is 5.32 Å². The van der Waals surface area contributed by atoms with E-state index in [0.29, 0.717) is 0 Å². The van der Waals surface area contributed by atoms with Crippen LogP contribution in [0, 0.1) is 13.8 Å². The Morgan fingerprint density at radius 1 is 1.35 bits per heavy atom. The highest BCUT2D eigenvalue weighted by molar-refractivity contribution is 6.06. The number of hydrogen-bond donors (Lipinski definition) is 1. The molecule has 4 heteroatoms. The van der Waals surface area contributed by atoms with Gasteiger partial charge in [0.15, 0.2) is 0 Å². The van der Waals surface area contributed by atoms with Crippen molar-refractivity contribution in [2.75, 3.05) is 11.9 Å². The second kappa shape index (κ2) is 3.87. The lowest BCUT2D eigenvalue weighted by atomic mass is 10.0. The molecule has 1 aliphatic rings.